The molecule has 0 saturated carbocycles. The summed E-state index contributed by atoms with van der Waals surface area (Å²) in [6, 6.07) is 6.28. The molecule has 0 aromatic carbocycles. The molecule has 4 nitrogen and oxygen atoms in total. The van der Waals surface area contributed by atoms with Gasteiger partial charge >= 0.3 is 0 Å². The number of fused-ring (bicyclic) bond motifs is 1. The second-order valence-electron chi connectivity index (χ2n) is 4.59. The van der Waals surface area contributed by atoms with Gasteiger partial charge in [0, 0.05) is 38.9 Å². The Labute approximate surface area is 101 Å². The average Bonchev–Trinajstić information content (AvgIpc) is 2.69. The Hall–Kier alpha value is -1.39. The first-order chi connectivity index (χ1) is 8.34. The van der Waals surface area contributed by atoms with Crippen molar-refractivity contribution < 1.29 is 0 Å². The van der Waals surface area contributed by atoms with Gasteiger partial charge in [-0.3, -0.25) is 4.90 Å². The SMILES string of the molecule is Cc1nc(CN2CCNCC2)c2ccccn12. The van der Waals surface area contributed by atoms with E-state index in [9.17, 15) is 0 Å². The van der Waals surface area contributed by atoms with Gasteiger partial charge in [-0.2, -0.15) is 0 Å². The van der Waals surface area contributed by atoms with Crippen LogP contribution in [0.3, 0.4) is 0 Å². The molecule has 1 saturated heterocycles. The molecule has 0 unspecified atom stereocenters. The van der Waals surface area contributed by atoms with Crippen LogP contribution < -0.4 is 5.32 Å². The van der Waals surface area contributed by atoms with Crippen molar-refractivity contribution in [3.63, 3.8) is 0 Å². The Bertz CT molecular complexity index is 511. The fourth-order valence-electron chi connectivity index (χ4n) is 2.46. The summed E-state index contributed by atoms with van der Waals surface area (Å²) < 4.78 is 2.16. The zero-order valence-corrected chi connectivity index (χ0v) is 10.2. The molecule has 0 bridgehead atoms. The van der Waals surface area contributed by atoms with E-state index < -0.39 is 0 Å². The lowest BCUT2D eigenvalue weighted by Crippen LogP contribution is -2.42. The van der Waals surface area contributed by atoms with Gasteiger partial charge in [0.1, 0.15) is 5.82 Å². The Balaban J connectivity index is 1.89. The highest BCUT2D eigenvalue weighted by atomic mass is 15.2. The molecule has 0 spiro atoms. The van der Waals surface area contributed by atoms with Crippen LogP contribution in [0.15, 0.2) is 24.4 Å². The molecular weight excluding hydrogens is 212 g/mol. The van der Waals surface area contributed by atoms with Crippen LogP contribution in [0, 0.1) is 6.92 Å². The summed E-state index contributed by atoms with van der Waals surface area (Å²) >= 11 is 0. The number of hydrogen-bond acceptors (Lipinski definition) is 3. The molecule has 2 aromatic heterocycles. The molecule has 0 radical (unpaired) electrons. The molecule has 1 aliphatic rings. The number of aryl methyl sites for hydroxylation is 1. The third-order valence-electron chi connectivity index (χ3n) is 3.38. The van der Waals surface area contributed by atoms with Crippen LogP contribution in [0.5, 0.6) is 0 Å². The van der Waals surface area contributed by atoms with Crippen molar-refractivity contribution in [2.24, 2.45) is 0 Å². The first-order valence-electron chi connectivity index (χ1n) is 6.20. The van der Waals surface area contributed by atoms with E-state index in [1.807, 2.05) is 0 Å². The smallest absolute Gasteiger partial charge is 0.110 e. The van der Waals surface area contributed by atoms with E-state index in [1.54, 1.807) is 0 Å². The fraction of sp³-hybridized carbons (Fsp3) is 0.462. The minimum atomic E-state index is 0.961. The van der Waals surface area contributed by atoms with Crippen LogP contribution in [0.4, 0.5) is 0 Å². The lowest BCUT2D eigenvalue weighted by Gasteiger charge is -2.26. The van der Waals surface area contributed by atoms with Crippen LogP contribution in [0.2, 0.25) is 0 Å². The van der Waals surface area contributed by atoms with Crippen molar-refractivity contribution in [3.8, 4) is 0 Å². The van der Waals surface area contributed by atoms with Crippen molar-refractivity contribution in [3.05, 3.63) is 35.9 Å². The highest BCUT2D eigenvalue weighted by Gasteiger charge is 2.14. The average molecular weight is 230 g/mol. The van der Waals surface area contributed by atoms with E-state index in [2.05, 4.69) is 50.9 Å². The van der Waals surface area contributed by atoms with Crippen LogP contribution in [-0.4, -0.2) is 40.5 Å². The van der Waals surface area contributed by atoms with Crippen LogP contribution in [0.1, 0.15) is 11.5 Å². The quantitative estimate of drug-likeness (QED) is 0.837. The Morgan fingerprint density at radius 2 is 2.12 bits per heavy atom. The molecule has 1 aliphatic heterocycles. The van der Waals surface area contributed by atoms with Gasteiger partial charge in [-0.15, -0.1) is 0 Å². The van der Waals surface area contributed by atoms with Gasteiger partial charge in [-0.05, 0) is 19.1 Å². The molecule has 2 aromatic rings. The largest absolute Gasteiger partial charge is 0.314 e. The maximum atomic E-state index is 4.68. The number of rotatable bonds is 2. The fourth-order valence-corrected chi connectivity index (χ4v) is 2.46. The lowest BCUT2D eigenvalue weighted by atomic mass is 10.3. The molecule has 0 aliphatic carbocycles. The molecule has 90 valence electrons. The lowest BCUT2D eigenvalue weighted by molar-refractivity contribution is 0.232. The van der Waals surface area contributed by atoms with E-state index >= 15 is 0 Å². The van der Waals surface area contributed by atoms with E-state index in [-0.39, 0.29) is 0 Å². The van der Waals surface area contributed by atoms with E-state index in [0.717, 1.165) is 38.5 Å². The topological polar surface area (TPSA) is 32.6 Å². The van der Waals surface area contributed by atoms with Crippen molar-refractivity contribution in [1.29, 1.82) is 0 Å². The maximum Gasteiger partial charge on any atom is 0.110 e. The van der Waals surface area contributed by atoms with Gasteiger partial charge in [0.25, 0.3) is 0 Å². The molecule has 4 heteroatoms. The van der Waals surface area contributed by atoms with Gasteiger partial charge in [-0.25, -0.2) is 4.98 Å². The van der Waals surface area contributed by atoms with E-state index in [0.29, 0.717) is 0 Å². The summed E-state index contributed by atoms with van der Waals surface area (Å²) in [5.41, 5.74) is 2.44. The van der Waals surface area contributed by atoms with Crippen LogP contribution in [-0.2, 0) is 6.54 Å². The third-order valence-corrected chi connectivity index (χ3v) is 3.38. The van der Waals surface area contributed by atoms with E-state index in [1.165, 1.54) is 11.2 Å². The minimum absolute atomic E-state index is 0.961. The Morgan fingerprint density at radius 3 is 2.94 bits per heavy atom. The summed E-state index contributed by atoms with van der Waals surface area (Å²) in [6.07, 6.45) is 2.08. The Morgan fingerprint density at radius 1 is 1.29 bits per heavy atom. The summed E-state index contributed by atoms with van der Waals surface area (Å²) in [4.78, 5) is 7.15. The highest BCUT2D eigenvalue weighted by molar-refractivity contribution is 5.53. The Kier molecular flexibility index (Phi) is 2.82. The molecule has 0 atom stereocenters. The molecule has 1 fully saturated rings. The first kappa shape index (κ1) is 10.7. The number of nitrogens with one attached hydrogen (secondary N) is 1. The minimum Gasteiger partial charge on any atom is -0.314 e. The third kappa shape index (κ3) is 2.06. The van der Waals surface area contributed by atoms with Gasteiger partial charge in [0.05, 0.1) is 11.2 Å². The number of nitrogens with zero attached hydrogens (tertiary/aromatic N) is 3. The predicted octanol–water partition coefficient (Wildman–Crippen LogP) is 1.05. The second-order valence-corrected chi connectivity index (χ2v) is 4.59. The number of imidazole rings is 1. The molecule has 17 heavy (non-hydrogen) atoms. The number of piperazine rings is 1. The molecular formula is C13H18N4. The molecule has 3 rings (SSSR count). The van der Waals surface area contributed by atoms with Crippen LogP contribution in [0.25, 0.3) is 5.52 Å². The monoisotopic (exact) mass is 230 g/mol. The van der Waals surface area contributed by atoms with Crippen molar-refractivity contribution in [1.82, 2.24) is 19.6 Å². The first-order valence-corrected chi connectivity index (χ1v) is 6.20. The number of hydrogen-bond donors (Lipinski definition) is 1. The summed E-state index contributed by atoms with van der Waals surface area (Å²) in [6.45, 7) is 7.43. The second kappa shape index (κ2) is 4.47. The van der Waals surface area contributed by atoms with Crippen molar-refractivity contribution in [2.75, 3.05) is 26.2 Å². The van der Waals surface area contributed by atoms with E-state index in [4.69, 9.17) is 0 Å². The van der Waals surface area contributed by atoms with Gasteiger partial charge in [0.2, 0.25) is 0 Å². The molecule has 1 N–H and O–H groups in total. The van der Waals surface area contributed by atoms with Crippen LogP contribution >= 0.6 is 0 Å². The number of aromatic nitrogens is 2. The standard InChI is InChI=1S/C13H18N4/c1-11-15-12(10-16-8-5-14-6-9-16)13-4-2-3-7-17(11)13/h2-4,7,14H,5-6,8-10H2,1H3. The zero-order chi connectivity index (χ0) is 11.7. The van der Waals surface area contributed by atoms with Crippen molar-refractivity contribution in [2.45, 2.75) is 13.5 Å². The molecule has 0 amide bonds. The molecule has 3 heterocycles. The summed E-state index contributed by atoms with van der Waals surface area (Å²) in [7, 11) is 0. The zero-order valence-electron chi connectivity index (χ0n) is 10.2. The van der Waals surface area contributed by atoms with Gasteiger partial charge in [-0.1, -0.05) is 6.07 Å². The number of pyridine rings is 1. The summed E-state index contributed by atoms with van der Waals surface area (Å²) in [5, 5.41) is 3.38. The predicted molar refractivity (Wildman–Crippen MR) is 68.1 cm³/mol. The van der Waals surface area contributed by atoms with Gasteiger partial charge in [0.15, 0.2) is 0 Å². The summed E-state index contributed by atoms with van der Waals surface area (Å²) in [5.74, 6) is 1.07. The van der Waals surface area contributed by atoms with Crippen molar-refractivity contribution >= 4 is 5.52 Å². The normalized spacial score (nSPS) is 17.7. The highest BCUT2D eigenvalue weighted by Crippen LogP contribution is 2.14. The maximum absolute atomic E-state index is 4.68. The van der Waals surface area contributed by atoms with Gasteiger partial charge < -0.3 is 9.72 Å².